The monoisotopic (exact) mass is 389 g/mol. The number of amides is 1. The number of primary amides is 1. The fourth-order valence-electron chi connectivity index (χ4n) is 3.32. The summed E-state index contributed by atoms with van der Waals surface area (Å²) in [5.74, 6) is 0.482. The smallest absolute Gasteiger partial charge is 0.248 e. The van der Waals surface area contributed by atoms with Crippen LogP contribution in [0.1, 0.15) is 54.0 Å². The normalized spacial score (nSPS) is 14.8. The van der Waals surface area contributed by atoms with E-state index in [1.54, 1.807) is 24.6 Å². The molecule has 8 nitrogen and oxygen atoms in total. The summed E-state index contributed by atoms with van der Waals surface area (Å²) in [6.45, 7) is 6.65. The van der Waals surface area contributed by atoms with Gasteiger partial charge >= 0.3 is 0 Å². The standard InChI is InChI=1S/C21H23N7O/c1-13(2)16-11-24-20-19(23-10-14-5-4-6-15(9-14)18(22)29)27-17(12-28(16)20)21(3)25-7-8-26-21/h4-9,11-13H,10H2,1-3H3,(H2,22,29)(H,23,27). The number of carbonyl (C=O) groups is 1. The molecule has 1 aromatic carbocycles. The van der Waals surface area contributed by atoms with Crippen molar-refractivity contribution in [2.24, 2.45) is 15.7 Å². The first-order valence-electron chi connectivity index (χ1n) is 9.47. The van der Waals surface area contributed by atoms with E-state index < -0.39 is 11.6 Å². The molecule has 0 spiro atoms. The van der Waals surface area contributed by atoms with Crippen LogP contribution < -0.4 is 11.1 Å². The number of fused-ring (bicyclic) bond motifs is 1. The quantitative estimate of drug-likeness (QED) is 0.675. The van der Waals surface area contributed by atoms with Crippen LogP contribution in [0.5, 0.6) is 0 Å². The summed E-state index contributed by atoms with van der Waals surface area (Å²) >= 11 is 0. The zero-order valence-electron chi connectivity index (χ0n) is 16.6. The summed E-state index contributed by atoms with van der Waals surface area (Å²) in [5, 5.41) is 3.35. The maximum absolute atomic E-state index is 11.4. The van der Waals surface area contributed by atoms with E-state index in [-0.39, 0.29) is 0 Å². The number of rotatable bonds is 6. The summed E-state index contributed by atoms with van der Waals surface area (Å²) in [5.41, 5.74) is 8.57. The number of nitrogens with two attached hydrogens (primary N) is 1. The highest BCUT2D eigenvalue weighted by Gasteiger charge is 2.29. The molecule has 1 aliphatic rings. The van der Waals surface area contributed by atoms with Gasteiger partial charge in [0.15, 0.2) is 17.1 Å². The van der Waals surface area contributed by atoms with Gasteiger partial charge in [-0.1, -0.05) is 26.0 Å². The Hall–Kier alpha value is -3.55. The minimum Gasteiger partial charge on any atom is -0.366 e. The van der Waals surface area contributed by atoms with Crippen molar-refractivity contribution >= 4 is 29.8 Å². The van der Waals surface area contributed by atoms with E-state index in [9.17, 15) is 4.79 Å². The van der Waals surface area contributed by atoms with Gasteiger partial charge in [0.25, 0.3) is 0 Å². The van der Waals surface area contributed by atoms with Crippen LogP contribution in [0.3, 0.4) is 0 Å². The van der Waals surface area contributed by atoms with Crippen LogP contribution in [0.4, 0.5) is 5.82 Å². The number of hydrogen-bond acceptors (Lipinski definition) is 6. The molecule has 148 valence electrons. The van der Waals surface area contributed by atoms with Crippen molar-refractivity contribution in [1.82, 2.24) is 14.4 Å². The molecule has 0 unspecified atom stereocenters. The number of anilines is 1. The van der Waals surface area contributed by atoms with Gasteiger partial charge in [0, 0.05) is 42.6 Å². The number of aliphatic imine (C=N–C) groups is 2. The van der Waals surface area contributed by atoms with E-state index in [4.69, 9.17) is 10.7 Å². The first kappa shape index (κ1) is 18.8. The van der Waals surface area contributed by atoms with Crippen LogP contribution in [0.2, 0.25) is 0 Å². The molecule has 0 fully saturated rings. The van der Waals surface area contributed by atoms with Crippen LogP contribution >= 0.6 is 0 Å². The molecule has 0 atom stereocenters. The van der Waals surface area contributed by atoms with Gasteiger partial charge in [-0.15, -0.1) is 0 Å². The SMILES string of the molecule is CC(C)c1cnc2c(NCc3cccc(C(N)=O)c3)nc(C3(C)N=CC=N3)cn12. The summed E-state index contributed by atoms with van der Waals surface area (Å²) in [4.78, 5) is 29.7. The van der Waals surface area contributed by atoms with Crippen LogP contribution in [-0.4, -0.2) is 32.7 Å². The summed E-state index contributed by atoms with van der Waals surface area (Å²) in [6, 6.07) is 7.21. The predicted octanol–water partition coefficient (Wildman–Crippen LogP) is 2.89. The second-order valence-electron chi connectivity index (χ2n) is 7.50. The number of nitrogens with zero attached hydrogens (tertiary/aromatic N) is 5. The molecule has 3 N–H and O–H groups in total. The van der Waals surface area contributed by atoms with E-state index in [0.29, 0.717) is 23.8 Å². The Balaban J connectivity index is 1.75. The predicted molar refractivity (Wildman–Crippen MR) is 114 cm³/mol. The Morgan fingerprint density at radius 2 is 2.03 bits per heavy atom. The third-order valence-electron chi connectivity index (χ3n) is 4.99. The zero-order chi connectivity index (χ0) is 20.6. The van der Waals surface area contributed by atoms with Crippen LogP contribution in [0.25, 0.3) is 5.65 Å². The van der Waals surface area contributed by atoms with E-state index in [2.05, 4.69) is 34.1 Å². The number of nitrogens with one attached hydrogen (secondary N) is 1. The maximum atomic E-state index is 11.4. The molecule has 29 heavy (non-hydrogen) atoms. The molecule has 0 saturated carbocycles. The lowest BCUT2D eigenvalue weighted by atomic mass is 10.1. The Morgan fingerprint density at radius 3 is 2.72 bits per heavy atom. The second kappa shape index (κ2) is 7.12. The lowest BCUT2D eigenvalue weighted by Crippen LogP contribution is -2.19. The van der Waals surface area contributed by atoms with Gasteiger partial charge in [-0.05, 0) is 30.5 Å². The van der Waals surface area contributed by atoms with E-state index in [1.165, 1.54) is 0 Å². The van der Waals surface area contributed by atoms with Crippen molar-refractivity contribution in [3.8, 4) is 0 Å². The zero-order valence-corrected chi connectivity index (χ0v) is 16.6. The molecule has 0 aliphatic carbocycles. The molecule has 0 radical (unpaired) electrons. The molecule has 8 heteroatoms. The Labute approximate surface area is 168 Å². The Morgan fingerprint density at radius 1 is 1.28 bits per heavy atom. The Bertz CT molecular complexity index is 1130. The molecule has 4 rings (SSSR count). The first-order chi connectivity index (χ1) is 13.9. The highest BCUT2D eigenvalue weighted by atomic mass is 16.1. The largest absolute Gasteiger partial charge is 0.366 e. The maximum Gasteiger partial charge on any atom is 0.248 e. The van der Waals surface area contributed by atoms with Gasteiger partial charge < -0.3 is 11.1 Å². The first-order valence-corrected chi connectivity index (χ1v) is 9.47. The van der Waals surface area contributed by atoms with Crippen LogP contribution in [-0.2, 0) is 12.2 Å². The van der Waals surface area contributed by atoms with Crippen molar-refractivity contribution in [2.75, 3.05) is 5.32 Å². The highest BCUT2D eigenvalue weighted by Crippen LogP contribution is 2.30. The summed E-state index contributed by atoms with van der Waals surface area (Å²) < 4.78 is 2.05. The van der Waals surface area contributed by atoms with E-state index in [0.717, 1.165) is 22.6 Å². The average Bonchev–Trinajstić information content (AvgIpc) is 3.33. The van der Waals surface area contributed by atoms with Crippen molar-refractivity contribution < 1.29 is 4.79 Å². The molecule has 0 saturated heterocycles. The molecule has 0 bridgehead atoms. The number of hydrogen-bond donors (Lipinski definition) is 2. The molecule has 2 aromatic heterocycles. The van der Waals surface area contributed by atoms with Crippen molar-refractivity contribution in [1.29, 1.82) is 0 Å². The van der Waals surface area contributed by atoms with Gasteiger partial charge in [0.05, 0.1) is 0 Å². The minimum absolute atomic E-state index is 0.295. The average molecular weight is 389 g/mol. The number of imidazole rings is 1. The second-order valence-corrected chi connectivity index (χ2v) is 7.50. The molecule has 1 aliphatic heterocycles. The number of aromatic nitrogens is 3. The summed E-state index contributed by atoms with van der Waals surface area (Å²) in [7, 11) is 0. The molecular formula is C21H23N7O. The fraction of sp³-hybridized carbons (Fsp3) is 0.286. The lowest BCUT2D eigenvalue weighted by Gasteiger charge is -2.19. The third kappa shape index (κ3) is 3.49. The topological polar surface area (TPSA) is 110 Å². The van der Waals surface area contributed by atoms with Gasteiger partial charge in [-0.3, -0.25) is 19.2 Å². The van der Waals surface area contributed by atoms with Gasteiger partial charge in [-0.25, -0.2) is 9.97 Å². The Kier molecular flexibility index (Phi) is 4.62. The van der Waals surface area contributed by atoms with Gasteiger partial charge in [0.2, 0.25) is 5.91 Å². The van der Waals surface area contributed by atoms with Crippen LogP contribution in [0, 0.1) is 0 Å². The molecule has 3 aromatic rings. The number of benzene rings is 1. The van der Waals surface area contributed by atoms with E-state index >= 15 is 0 Å². The highest BCUT2D eigenvalue weighted by molar-refractivity contribution is 6.17. The molecule has 3 heterocycles. The lowest BCUT2D eigenvalue weighted by molar-refractivity contribution is 0.1000. The van der Waals surface area contributed by atoms with Crippen molar-refractivity contribution in [3.05, 3.63) is 59.2 Å². The van der Waals surface area contributed by atoms with Gasteiger partial charge in [0.1, 0.15) is 5.69 Å². The molecular weight excluding hydrogens is 366 g/mol. The van der Waals surface area contributed by atoms with Gasteiger partial charge in [-0.2, -0.15) is 0 Å². The van der Waals surface area contributed by atoms with Crippen molar-refractivity contribution in [2.45, 2.75) is 38.9 Å². The fourth-order valence-corrected chi connectivity index (χ4v) is 3.32. The summed E-state index contributed by atoms with van der Waals surface area (Å²) in [6.07, 6.45) is 7.20. The van der Waals surface area contributed by atoms with Crippen molar-refractivity contribution in [3.63, 3.8) is 0 Å². The third-order valence-corrected chi connectivity index (χ3v) is 4.99. The van der Waals surface area contributed by atoms with E-state index in [1.807, 2.05) is 35.9 Å². The minimum atomic E-state index is -0.755. The van der Waals surface area contributed by atoms with Crippen LogP contribution in [0.15, 0.2) is 46.6 Å². The number of carbonyl (C=O) groups excluding carboxylic acids is 1. The molecule has 1 amide bonds.